The molecule has 1 unspecified atom stereocenters. The molecule has 1 heterocycles. The largest absolute Gasteiger partial charge is 0.492 e. The lowest BCUT2D eigenvalue weighted by Gasteiger charge is -2.23. The zero-order valence-electron chi connectivity index (χ0n) is 12.6. The minimum Gasteiger partial charge on any atom is -0.492 e. The van der Waals surface area contributed by atoms with Gasteiger partial charge >= 0.3 is 0 Å². The van der Waals surface area contributed by atoms with Crippen LogP contribution in [0.2, 0.25) is 0 Å². The maximum atomic E-state index is 5.80. The van der Waals surface area contributed by atoms with Gasteiger partial charge in [-0.25, -0.2) is 0 Å². The first-order valence-electron chi connectivity index (χ1n) is 7.99. The molecule has 2 aliphatic rings. The molecule has 0 amide bonds. The van der Waals surface area contributed by atoms with E-state index in [1.165, 1.54) is 49.7 Å². The molecular formula is C18H25BrO. The zero-order chi connectivity index (χ0) is 14.2. The van der Waals surface area contributed by atoms with Gasteiger partial charge in [-0.3, -0.25) is 0 Å². The fourth-order valence-electron chi connectivity index (χ4n) is 3.59. The third kappa shape index (κ3) is 2.77. The van der Waals surface area contributed by atoms with Crippen LogP contribution in [-0.2, 0) is 5.41 Å². The molecule has 20 heavy (non-hydrogen) atoms. The van der Waals surface area contributed by atoms with Crippen LogP contribution < -0.4 is 4.74 Å². The molecular weight excluding hydrogens is 312 g/mol. The average Bonchev–Trinajstić information content (AvgIpc) is 2.64. The molecule has 0 radical (unpaired) electrons. The van der Waals surface area contributed by atoms with Gasteiger partial charge in [0.1, 0.15) is 5.75 Å². The van der Waals surface area contributed by atoms with Crippen molar-refractivity contribution in [1.29, 1.82) is 0 Å². The maximum absolute atomic E-state index is 5.80. The van der Waals surface area contributed by atoms with Gasteiger partial charge in [-0.05, 0) is 30.4 Å². The molecule has 0 spiro atoms. The molecule has 0 N–H and O–H groups in total. The van der Waals surface area contributed by atoms with Crippen molar-refractivity contribution < 1.29 is 4.74 Å². The van der Waals surface area contributed by atoms with Crippen molar-refractivity contribution in [3.63, 3.8) is 0 Å². The van der Waals surface area contributed by atoms with Gasteiger partial charge in [0.05, 0.1) is 6.61 Å². The highest BCUT2D eigenvalue weighted by Crippen LogP contribution is 2.44. The smallest absolute Gasteiger partial charge is 0.123 e. The number of rotatable bonds is 2. The first-order valence-corrected chi connectivity index (χ1v) is 8.91. The van der Waals surface area contributed by atoms with Crippen LogP contribution in [-0.4, -0.2) is 6.61 Å². The summed E-state index contributed by atoms with van der Waals surface area (Å²) in [5, 5.41) is 0. The average molecular weight is 337 g/mol. The highest BCUT2D eigenvalue weighted by atomic mass is 79.9. The Bertz CT molecular complexity index is 472. The van der Waals surface area contributed by atoms with E-state index >= 15 is 0 Å². The Kier molecular flexibility index (Phi) is 4.12. The summed E-state index contributed by atoms with van der Waals surface area (Å²) in [4.78, 5) is 0.502. The van der Waals surface area contributed by atoms with Gasteiger partial charge in [0.25, 0.3) is 0 Å². The van der Waals surface area contributed by atoms with E-state index in [0.717, 1.165) is 18.3 Å². The van der Waals surface area contributed by atoms with Gasteiger partial charge in [-0.15, -0.1) is 0 Å². The summed E-state index contributed by atoms with van der Waals surface area (Å²) in [6.45, 7) is 5.36. The topological polar surface area (TPSA) is 9.23 Å². The van der Waals surface area contributed by atoms with E-state index in [9.17, 15) is 0 Å². The Hall–Kier alpha value is -0.500. The second-order valence-electron chi connectivity index (χ2n) is 7.08. The normalized spacial score (nSPS) is 23.8. The summed E-state index contributed by atoms with van der Waals surface area (Å²) in [6, 6.07) is 6.81. The fourth-order valence-corrected chi connectivity index (χ4v) is 4.40. The predicted molar refractivity (Wildman–Crippen MR) is 87.8 cm³/mol. The number of hydrogen-bond donors (Lipinski definition) is 0. The molecule has 0 aromatic heterocycles. The molecule has 1 aromatic rings. The Morgan fingerprint density at radius 1 is 1.15 bits per heavy atom. The molecule has 1 aliphatic carbocycles. The lowest BCUT2D eigenvalue weighted by atomic mass is 9.84. The van der Waals surface area contributed by atoms with E-state index in [1.807, 2.05) is 0 Å². The monoisotopic (exact) mass is 336 g/mol. The van der Waals surface area contributed by atoms with E-state index in [2.05, 4.69) is 48.0 Å². The molecule has 2 heteroatoms. The molecule has 0 saturated heterocycles. The van der Waals surface area contributed by atoms with Crippen LogP contribution in [0.25, 0.3) is 0 Å². The molecule has 110 valence electrons. The minimum atomic E-state index is 0.154. The summed E-state index contributed by atoms with van der Waals surface area (Å²) in [5.74, 6) is 1.88. The molecule has 1 aromatic carbocycles. The van der Waals surface area contributed by atoms with Crippen molar-refractivity contribution in [3.05, 3.63) is 29.3 Å². The predicted octanol–water partition coefficient (Wildman–Crippen LogP) is 5.76. The summed E-state index contributed by atoms with van der Waals surface area (Å²) < 4.78 is 5.80. The van der Waals surface area contributed by atoms with Crippen LogP contribution in [0.1, 0.15) is 68.3 Å². The standard InChI is InChI=1S/C18H25BrO/c1-18(2)12-20-16-10-9-14(11-15(16)18)17(19)13-7-5-3-4-6-8-13/h9-11,13,17H,3-8,12H2,1-2H3. The van der Waals surface area contributed by atoms with Crippen LogP contribution in [0, 0.1) is 5.92 Å². The van der Waals surface area contributed by atoms with Gasteiger partial charge in [-0.2, -0.15) is 0 Å². The number of halogens is 1. The number of hydrogen-bond acceptors (Lipinski definition) is 1. The Balaban J connectivity index is 1.83. The number of fused-ring (bicyclic) bond motifs is 1. The van der Waals surface area contributed by atoms with Crippen molar-refractivity contribution in [2.24, 2.45) is 5.92 Å². The molecule has 0 bridgehead atoms. The molecule has 1 aliphatic heterocycles. The second kappa shape index (κ2) is 5.71. The number of alkyl halides is 1. The van der Waals surface area contributed by atoms with Crippen molar-refractivity contribution in [1.82, 2.24) is 0 Å². The fraction of sp³-hybridized carbons (Fsp3) is 0.667. The van der Waals surface area contributed by atoms with E-state index in [0.29, 0.717) is 4.83 Å². The summed E-state index contributed by atoms with van der Waals surface area (Å²) in [7, 11) is 0. The number of benzene rings is 1. The lowest BCUT2D eigenvalue weighted by molar-refractivity contribution is 0.291. The van der Waals surface area contributed by atoms with E-state index in [1.54, 1.807) is 0 Å². The highest BCUT2D eigenvalue weighted by Gasteiger charge is 2.33. The summed E-state index contributed by atoms with van der Waals surface area (Å²) >= 11 is 3.99. The first kappa shape index (κ1) is 14.4. The first-order chi connectivity index (χ1) is 9.58. The van der Waals surface area contributed by atoms with Crippen molar-refractivity contribution in [2.75, 3.05) is 6.61 Å². The molecule has 1 nitrogen and oxygen atoms in total. The lowest BCUT2D eigenvalue weighted by Crippen LogP contribution is -2.18. The van der Waals surface area contributed by atoms with Crippen molar-refractivity contribution >= 4 is 15.9 Å². The Morgan fingerprint density at radius 2 is 1.85 bits per heavy atom. The SMILES string of the molecule is CC1(C)COc2ccc(C(Br)C3CCCCCC3)cc21. The van der Waals surface area contributed by atoms with Crippen LogP contribution >= 0.6 is 15.9 Å². The molecule has 1 atom stereocenters. The van der Waals surface area contributed by atoms with Crippen LogP contribution in [0.5, 0.6) is 5.75 Å². The molecule has 1 fully saturated rings. The van der Waals surface area contributed by atoms with Crippen molar-refractivity contribution in [3.8, 4) is 5.75 Å². The van der Waals surface area contributed by atoms with Crippen molar-refractivity contribution in [2.45, 2.75) is 62.6 Å². The quantitative estimate of drug-likeness (QED) is 0.492. The number of ether oxygens (including phenoxy) is 1. The van der Waals surface area contributed by atoms with Crippen LogP contribution in [0.15, 0.2) is 18.2 Å². The van der Waals surface area contributed by atoms with Gasteiger partial charge in [0.2, 0.25) is 0 Å². The minimum absolute atomic E-state index is 0.154. The van der Waals surface area contributed by atoms with Gasteiger partial charge in [0.15, 0.2) is 0 Å². The Labute approximate surface area is 131 Å². The highest BCUT2D eigenvalue weighted by molar-refractivity contribution is 9.09. The van der Waals surface area contributed by atoms with Crippen LogP contribution in [0.3, 0.4) is 0 Å². The summed E-state index contributed by atoms with van der Waals surface area (Å²) in [5.41, 5.74) is 2.98. The van der Waals surface area contributed by atoms with Crippen LogP contribution in [0.4, 0.5) is 0 Å². The van der Waals surface area contributed by atoms with Gasteiger partial charge in [0, 0.05) is 15.8 Å². The third-order valence-electron chi connectivity index (χ3n) is 4.95. The zero-order valence-corrected chi connectivity index (χ0v) is 14.2. The van der Waals surface area contributed by atoms with E-state index < -0.39 is 0 Å². The van der Waals surface area contributed by atoms with E-state index in [4.69, 9.17) is 4.74 Å². The maximum Gasteiger partial charge on any atom is 0.123 e. The third-order valence-corrected chi connectivity index (χ3v) is 6.23. The second-order valence-corrected chi connectivity index (χ2v) is 8.07. The molecule has 1 saturated carbocycles. The van der Waals surface area contributed by atoms with Gasteiger partial charge < -0.3 is 4.74 Å². The molecule has 3 rings (SSSR count). The Morgan fingerprint density at radius 3 is 2.55 bits per heavy atom. The van der Waals surface area contributed by atoms with E-state index in [-0.39, 0.29) is 5.41 Å². The van der Waals surface area contributed by atoms with Gasteiger partial charge in [-0.1, -0.05) is 67.6 Å². The summed E-state index contributed by atoms with van der Waals surface area (Å²) in [6.07, 6.45) is 8.36.